The number of morpholine rings is 1. The number of allylic oxidation sites excluding steroid dienone is 1. The standard InChI is InChI=1S/C21H25N5O3/c22-12-17(16-4-2-1-3-5-16)13-24-8-10-25(11-9-24)21(28)26-7-6-19-18(14-26)23-20(27)15-29-19/h1-5,13,18-19H,6-11,14-15H2,(H,23,27)/b17-13+/t18-,19+/m1/s1. The van der Waals surface area contributed by atoms with E-state index < -0.39 is 0 Å². The van der Waals surface area contributed by atoms with Gasteiger partial charge in [-0.3, -0.25) is 4.79 Å². The topological polar surface area (TPSA) is 88.9 Å². The van der Waals surface area contributed by atoms with Crippen LogP contribution in [0.1, 0.15) is 12.0 Å². The van der Waals surface area contributed by atoms with Crippen molar-refractivity contribution >= 4 is 17.5 Å². The monoisotopic (exact) mass is 395 g/mol. The first-order valence-corrected chi connectivity index (χ1v) is 10.0. The van der Waals surface area contributed by atoms with Gasteiger partial charge >= 0.3 is 6.03 Å². The van der Waals surface area contributed by atoms with E-state index in [0.29, 0.717) is 44.8 Å². The van der Waals surface area contributed by atoms with Crippen LogP contribution in [0.25, 0.3) is 5.57 Å². The summed E-state index contributed by atoms with van der Waals surface area (Å²) in [6, 6.07) is 11.8. The van der Waals surface area contributed by atoms with Crippen LogP contribution in [0.4, 0.5) is 4.79 Å². The predicted molar refractivity (Wildman–Crippen MR) is 106 cm³/mol. The van der Waals surface area contributed by atoms with Crippen LogP contribution in [0.15, 0.2) is 36.5 Å². The number of ether oxygens (including phenoxy) is 1. The zero-order valence-corrected chi connectivity index (χ0v) is 16.3. The zero-order chi connectivity index (χ0) is 20.2. The maximum Gasteiger partial charge on any atom is 0.320 e. The first kappa shape index (κ1) is 19.3. The molecule has 0 radical (unpaired) electrons. The molecular formula is C21H25N5O3. The zero-order valence-electron chi connectivity index (χ0n) is 16.3. The average molecular weight is 395 g/mol. The van der Waals surface area contributed by atoms with E-state index in [1.165, 1.54) is 0 Å². The van der Waals surface area contributed by atoms with Crippen LogP contribution in [0.2, 0.25) is 0 Å². The summed E-state index contributed by atoms with van der Waals surface area (Å²) in [6.45, 7) is 3.82. The smallest absolute Gasteiger partial charge is 0.320 e. The molecule has 3 amide bonds. The van der Waals surface area contributed by atoms with E-state index in [-0.39, 0.29) is 30.7 Å². The Bertz CT molecular complexity index is 826. The molecule has 3 saturated heterocycles. The van der Waals surface area contributed by atoms with Gasteiger partial charge in [0.2, 0.25) is 5.91 Å². The van der Waals surface area contributed by atoms with Crippen LogP contribution in [0, 0.1) is 11.3 Å². The van der Waals surface area contributed by atoms with Crippen molar-refractivity contribution in [3.05, 3.63) is 42.1 Å². The largest absolute Gasteiger partial charge is 0.373 e. The van der Waals surface area contributed by atoms with Gasteiger partial charge in [-0.2, -0.15) is 5.26 Å². The molecule has 152 valence electrons. The van der Waals surface area contributed by atoms with Crippen molar-refractivity contribution in [3.63, 3.8) is 0 Å². The summed E-state index contributed by atoms with van der Waals surface area (Å²) in [5.74, 6) is -0.118. The van der Waals surface area contributed by atoms with Gasteiger partial charge in [0.1, 0.15) is 12.7 Å². The van der Waals surface area contributed by atoms with Gasteiger partial charge in [-0.05, 0) is 12.0 Å². The molecule has 8 nitrogen and oxygen atoms in total. The SMILES string of the molecule is N#C/C(=C\N1CCN(C(=O)N2CC[C@@H]3OCC(=O)N[C@@H]3C2)CC1)c1ccccc1. The molecule has 8 heteroatoms. The third kappa shape index (κ3) is 4.35. The lowest BCUT2D eigenvalue weighted by atomic mass is 10.0. The predicted octanol–water partition coefficient (Wildman–Crippen LogP) is 0.878. The molecule has 0 saturated carbocycles. The second-order valence-electron chi connectivity index (χ2n) is 7.58. The Hall–Kier alpha value is -3.05. The van der Waals surface area contributed by atoms with Gasteiger partial charge in [0.05, 0.1) is 17.7 Å². The number of likely N-dealkylation sites (tertiary alicyclic amines) is 1. The molecule has 0 bridgehead atoms. The summed E-state index contributed by atoms with van der Waals surface area (Å²) in [4.78, 5) is 30.2. The van der Waals surface area contributed by atoms with Crippen molar-refractivity contribution in [2.75, 3.05) is 45.9 Å². The fourth-order valence-electron chi connectivity index (χ4n) is 4.08. The highest BCUT2D eigenvalue weighted by atomic mass is 16.5. The third-order valence-corrected chi connectivity index (χ3v) is 5.70. The van der Waals surface area contributed by atoms with E-state index in [0.717, 1.165) is 12.0 Å². The van der Waals surface area contributed by atoms with Crippen molar-refractivity contribution < 1.29 is 14.3 Å². The molecule has 3 heterocycles. The van der Waals surface area contributed by atoms with E-state index in [4.69, 9.17) is 4.74 Å². The number of nitriles is 1. The minimum Gasteiger partial charge on any atom is -0.373 e. The molecule has 1 aromatic carbocycles. The number of amides is 3. The third-order valence-electron chi connectivity index (χ3n) is 5.70. The van der Waals surface area contributed by atoms with E-state index >= 15 is 0 Å². The van der Waals surface area contributed by atoms with Gasteiger partial charge in [-0.15, -0.1) is 0 Å². The molecule has 3 aliphatic heterocycles. The van der Waals surface area contributed by atoms with Crippen molar-refractivity contribution in [1.29, 1.82) is 5.26 Å². The highest BCUT2D eigenvalue weighted by Gasteiger charge is 2.37. The quantitative estimate of drug-likeness (QED) is 0.751. The maximum absolute atomic E-state index is 12.9. The second-order valence-corrected chi connectivity index (χ2v) is 7.58. The fraction of sp³-hybridized carbons (Fsp3) is 0.476. The second kappa shape index (κ2) is 8.53. The Morgan fingerprint density at radius 1 is 1.14 bits per heavy atom. The molecule has 2 atom stereocenters. The Balaban J connectivity index is 1.32. The number of hydrogen-bond donors (Lipinski definition) is 1. The van der Waals surface area contributed by atoms with E-state index in [1.807, 2.05) is 46.3 Å². The molecular weight excluding hydrogens is 370 g/mol. The van der Waals surface area contributed by atoms with Gasteiger partial charge in [0.25, 0.3) is 0 Å². The normalized spacial score (nSPS) is 25.1. The Kier molecular flexibility index (Phi) is 5.67. The van der Waals surface area contributed by atoms with Crippen molar-refractivity contribution in [2.45, 2.75) is 18.6 Å². The molecule has 0 aliphatic carbocycles. The molecule has 1 N–H and O–H groups in total. The number of carbonyl (C=O) groups is 2. The molecule has 0 aromatic heterocycles. The molecule has 1 aromatic rings. The lowest BCUT2D eigenvalue weighted by Crippen LogP contribution is -2.63. The van der Waals surface area contributed by atoms with Crippen LogP contribution in [-0.2, 0) is 9.53 Å². The number of benzene rings is 1. The number of nitrogens with zero attached hydrogens (tertiary/aromatic N) is 4. The van der Waals surface area contributed by atoms with Crippen molar-refractivity contribution in [3.8, 4) is 6.07 Å². The average Bonchev–Trinajstić information content (AvgIpc) is 2.77. The number of rotatable bonds is 2. The molecule has 3 fully saturated rings. The first-order valence-electron chi connectivity index (χ1n) is 10.0. The van der Waals surface area contributed by atoms with Crippen LogP contribution in [0.5, 0.6) is 0 Å². The van der Waals surface area contributed by atoms with E-state index in [1.54, 1.807) is 0 Å². The number of urea groups is 1. The lowest BCUT2D eigenvalue weighted by Gasteiger charge is -2.43. The summed E-state index contributed by atoms with van der Waals surface area (Å²) in [5.41, 5.74) is 1.52. The number of hydrogen-bond acceptors (Lipinski definition) is 5. The Morgan fingerprint density at radius 3 is 2.62 bits per heavy atom. The van der Waals surface area contributed by atoms with Gasteiger partial charge in [-0.1, -0.05) is 30.3 Å². The van der Waals surface area contributed by atoms with Crippen LogP contribution in [-0.4, -0.2) is 84.7 Å². The van der Waals surface area contributed by atoms with Crippen molar-refractivity contribution in [2.24, 2.45) is 0 Å². The molecule has 3 aliphatic rings. The molecule has 0 spiro atoms. The van der Waals surface area contributed by atoms with Gasteiger partial charge in [0.15, 0.2) is 0 Å². The first-order chi connectivity index (χ1) is 14.1. The van der Waals surface area contributed by atoms with Gasteiger partial charge in [0, 0.05) is 45.5 Å². The lowest BCUT2D eigenvalue weighted by molar-refractivity contribution is -0.139. The van der Waals surface area contributed by atoms with Crippen LogP contribution < -0.4 is 5.32 Å². The van der Waals surface area contributed by atoms with Crippen molar-refractivity contribution in [1.82, 2.24) is 20.0 Å². The number of carbonyl (C=O) groups excluding carboxylic acids is 2. The molecule has 29 heavy (non-hydrogen) atoms. The van der Waals surface area contributed by atoms with E-state index in [2.05, 4.69) is 16.3 Å². The van der Waals surface area contributed by atoms with Crippen LogP contribution >= 0.6 is 0 Å². The summed E-state index contributed by atoms with van der Waals surface area (Å²) in [6.07, 6.45) is 2.63. The molecule has 4 rings (SSSR count). The molecule has 0 unspecified atom stereocenters. The number of piperidine rings is 1. The van der Waals surface area contributed by atoms with Gasteiger partial charge in [-0.25, -0.2) is 4.79 Å². The van der Waals surface area contributed by atoms with Gasteiger partial charge < -0.3 is 24.8 Å². The maximum atomic E-state index is 12.9. The number of nitrogens with one attached hydrogen (secondary N) is 1. The Morgan fingerprint density at radius 2 is 1.90 bits per heavy atom. The minimum atomic E-state index is -0.123. The summed E-state index contributed by atoms with van der Waals surface area (Å²) >= 11 is 0. The van der Waals surface area contributed by atoms with Crippen LogP contribution in [0.3, 0.4) is 0 Å². The van der Waals surface area contributed by atoms with E-state index in [9.17, 15) is 14.9 Å². The highest BCUT2D eigenvalue weighted by molar-refractivity contribution is 5.79. The minimum absolute atomic E-state index is 0.00104. The summed E-state index contributed by atoms with van der Waals surface area (Å²) in [7, 11) is 0. The summed E-state index contributed by atoms with van der Waals surface area (Å²) in [5, 5.41) is 12.4. The fourth-order valence-corrected chi connectivity index (χ4v) is 4.08. The number of piperazine rings is 1. The number of fused-ring (bicyclic) bond motifs is 1. The summed E-state index contributed by atoms with van der Waals surface area (Å²) < 4.78 is 5.56. The Labute approximate surface area is 170 Å². The highest BCUT2D eigenvalue weighted by Crippen LogP contribution is 2.20.